The molecule has 1 saturated heterocycles. The number of amides is 9. The quantitative estimate of drug-likeness (QED) is 0.0248. The van der Waals surface area contributed by atoms with Crippen molar-refractivity contribution in [1.29, 1.82) is 0 Å². The first-order valence-corrected chi connectivity index (χ1v) is 32.6. The third kappa shape index (κ3) is 18.7. The van der Waals surface area contributed by atoms with Gasteiger partial charge in [0.15, 0.2) is 0 Å². The summed E-state index contributed by atoms with van der Waals surface area (Å²) in [6.07, 6.45) is 8.84. The number of hydrogen-bond acceptors (Lipinski definition) is 16. The number of benzene rings is 4. The largest absolute Gasteiger partial charge is 0.508 e. The van der Waals surface area contributed by atoms with Crippen molar-refractivity contribution in [3.05, 3.63) is 174 Å². The highest BCUT2D eigenvalue weighted by molar-refractivity contribution is 6.00. The molecule has 101 heavy (non-hydrogen) atoms. The summed E-state index contributed by atoms with van der Waals surface area (Å²) >= 11 is 0. The Morgan fingerprint density at radius 1 is 0.495 bits per heavy atom. The fourth-order valence-corrected chi connectivity index (χ4v) is 12.2. The second-order valence-corrected chi connectivity index (χ2v) is 24.6. The molecule has 0 saturated carbocycles. The number of nitrogens with zero attached hydrogens (tertiary/aromatic N) is 3. The highest BCUT2D eigenvalue weighted by atomic mass is 16.4. The Balaban J connectivity index is 0.929. The first-order valence-electron chi connectivity index (χ1n) is 32.6. The molecule has 0 bridgehead atoms. The third-order valence-electron chi connectivity index (χ3n) is 17.5. The number of aromatic amines is 5. The van der Waals surface area contributed by atoms with Crippen molar-refractivity contribution in [2.24, 2.45) is 5.73 Å². The number of carboxylic acids is 2. The molecule has 9 aromatic rings. The number of rotatable bonds is 34. The van der Waals surface area contributed by atoms with Gasteiger partial charge in [0.25, 0.3) is 0 Å². The Hall–Kier alpha value is -12.2. The van der Waals surface area contributed by atoms with Crippen LogP contribution in [-0.4, -0.2) is 199 Å². The minimum absolute atomic E-state index is 0.0779. The zero-order chi connectivity index (χ0) is 71.7. The highest BCUT2D eigenvalue weighted by Gasteiger charge is 2.40. The Labute approximate surface area is 575 Å². The Morgan fingerprint density at radius 2 is 0.901 bits per heavy atom. The topological polar surface area (TPSA) is 499 Å². The summed E-state index contributed by atoms with van der Waals surface area (Å²) in [6.45, 7) is -1.69. The number of nitrogens with two attached hydrogens (primary N) is 1. The molecule has 0 unspecified atom stereocenters. The van der Waals surface area contributed by atoms with E-state index in [0.717, 1.165) is 0 Å². The summed E-state index contributed by atoms with van der Waals surface area (Å²) in [7, 11) is 0. The fourth-order valence-electron chi connectivity index (χ4n) is 12.2. The van der Waals surface area contributed by atoms with Crippen LogP contribution in [0.2, 0.25) is 0 Å². The molecule has 10 rings (SSSR count). The summed E-state index contributed by atoms with van der Waals surface area (Å²) in [5, 5.41) is 62.9. The number of imidazole rings is 2. The van der Waals surface area contributed by atoms with Crippen molar-refractivity contribution in [3.8, 4) is 5.75 Å². The molecule has 1 aliphatic rings. The number of phenols is 1. The van der Waals surface area contributed by atoms with E-state index >= 15 is 14.4 Å². The number of aromatic nitrogens is 7. The number of phenolic OH excluding ortho intramolecular Hbond substituents is 1. The maximum absolute atomic E-state index is 15.5. The van der Waals surface area contributed by atoms with Gasteiger partial charge in [0.1, 0.15) is 60.6 Å². The van der Waals surface area contributed by atoms with Crippen LogP contribution in [0, 0.1) is 0 Å². The van der Waals surface area contributed by atoms with Gasteiger partial charge >= 0.3 is 11.9 Å². The van der Waals surface area contributed by atoms with Gasteiger partial charge in [-0.15, -0.1) is 0 Å². The molecule has 32 heteroatoms. The number of aliphatic hydroxyl groups is 1. The lowest BCUT2D eigenvalue weighted by atomic mass is 9.99. The first kappa shape index (κ1) is 71.6. The van der Waals surface area contributed by atoms with Crippen molar-refractivity contribution in [2.75, 3.05) is 19.7 Å². The van der Waals surface area contributed by atoms with Gasteiger partial charge in [-0.1, -0.05) is 66.7 Å². The average Bonchev–Trinajstić information content (AvgIpc) is 1.74. The fraction of sp³-hybridized carbons (Fsp3) is 0.319. The van der Waals surface area contributed by atoms with Crippen LogP contribution in [0.4, 0.5) is 0 Å². The Morgan fingerprint density at radius 3 is 1.32 bits per heavy atom. The van der Waals surface area contributed by atoms with E-state index in [1.165, 1.54) is 42.1 Å². The second kappa shape index (κ2) is 33.4. The molecular weight excluding hydrogens is 1310 g/mol. The maximum atomic E-state index is 15.5. The van der Waals surface area contributed by atoms with E-state index in [0.29, 0.717) is 72.8 Å². The molecule has 0 spiro atoms. The Kier molecular flexibility index (Phi) is 23.7. The number of aliphatic hydroxyl groups excluding tert-OH is 1. The minimum Gasteiger partial charge on any atom is -0.508 e. The van der Waals surface area contributed by atoms with E-state index in [-0.39, 0.29) is 63.7 Å². The average molecular weight is 1380 g/mol. The molecule has 19 N–H and O–H groups in total. The maximum Gasteiger partial charge on any atom is 0.322 e. The number of carboxylic acid groups (broad SMARTS) is 2. The van der Waals surface area contributed by atoms with Gasteiger partial charge in [-0.25, -0.2) is 9.97 Å². The van der Waals surface area contributed by atoms with Crippen molar-refractivity contribution >= 4 is 97.8 Å². The summed E-state index contributed by atoms with van der Waals surface area (Å²) < 4.78 is 0. The zero-order valence-corrected chi connectivity index (χ0v) is 54.4. The van der Waals surface area contributed by atoms with E-state index < -0.39 is 139 Å². The highest BCUT2D eigenvalue weighted by Crippen LogP contribution is 2.25. The summed E-state index contributed by atoms with van der Waals surface area (Å²) in [5.41, 5.74) is 10.9. The monoisotopic (exact) mass is 1380 g/mol. The number of fused-ring (bicyclic) bond motifs is 3. The number of carbonyl (C=O) groups excluding carboxylic acids is 9. The molecule has 1 fully saturated rings. The number of aliphatic carboxylic acids is 2. The predicted molar refractivity (Wildman–Crippen MR) is 363 cm³/mol. The summed E-state index contributed by atoms with van der Waals surface area (Å²) in [5.74, 6) is -10.6. The molecule has 9 atom stereocenters. The number of H-pyrrole nitrogens is 5. The lowest BCUT2D eigenvalue weighted by Gasteiger charge is -2.30. The predicted octanol–water partition coefficient (Wildman–Crippen LogP) is -0.192. The minimum atomic E-state index is -1.83. The molecule has 9 amide bonds. The van der Waals surface area contributed by atoms with Crippen molar-refractivity contribution in [3.63, 3.8) is 0 Å². The molecule has 1 aliphatic heterocycles. The SMILES string of the molecule is N[C@@H](CCC(=O)O)C(=O)N[C@@H](Cc1cnc[nH]1)C(=O)N[C@@H](Cc1c[nH]c2ccccc12)C(=O)N[C@@H](CO)C(=O)N[C@@H](Cc1cnc[nH]1)C(=O)N[C@H](Cc1c[nH]c2ccccc12)C(=O)N[C@@H](Cc1c[nH]c2ccccc12)C(=O)N[C@@H](Cc1ccc(O)cc1)C(=O)N1CCC[C@H]1C(=O)NCC(=O)O. The lowest BCUT2D eigenvalue weighted by molar-refractivity contribution is -0.143. The van der Waals surface area contributed by atoms with Crippen molar-refractivity contribution in [1.82, 2.24) is 82.3 Å². The Bertz CT molecular complexity index is 4440. The number of para-hydroxylation sites is 3. The van der Waals surface area contributed by atoms with Gasteiger partial charge < -0.3 is 98.5 Å². The molecule has 0 aliphatic carbocycles. The van der Waals surface area contributed by atoms with E-state index in [1.54, 1.807) is 97.5 Å². The normalized spacial score (nSPS) is 15.2. The van der Waals surface area contributed by atoms with Gasteiger partial charge in [0, 0.05) is 127 Å². The van der Waals surface area contributed by atoms with Crippen molar-refractivity contribution < 1.29 is 73.2 Å². The standard InChI is InChI=1S/C69H77N17O15/c70-47(19-20-59(89)90)61(93)79-54(26-41-31-71-35-77-41)65(97)82-53(25-40-30-75-50-13-6-3-10-46(40)50)64(96)85-57(34-87)67(99)83-55(27-42-32-72-36-78-42)66(98)81-51(23-38-28-73-48-11-4-1-8-44(38)48)62(94)80-52(24-39-29-74-49-12-5-2-9-45(39)49)63(95)84-56(22-37-15-17-43(88)18-16-37)69(101)86-21-7-14-58(86)68(100)76-33-60(91)92/h1-6,8-13,15-18,28-32,35-36,47,51-58,73-75,87-88H,7,14,19-27,33-34,70H2,(H,71,77)(H,72,78)(H,76,100)(H,79,93)(H,80,94)(H,81,98)(H,82,97)(H,83,99)(H,84,95)(H,85,96)(H,89,90)(H,91,92)/t47-,51+,52-,53-,54-,55-,56-,57-,58-/m0/s1. The van der Waals surface area contributed by atoms with Crippen LogP contribution in [0.25, 0.3) is 32.7 Å². The summed E-state index contributed by atoms with van der Waals surface area (Å²) in [6, 6.07) is 13.9. The number of carbonyl (C=O) groups is 11. The number of aromatic hydroxyl groups is 1. The van der Waals surface area contributed by atoms with Gasteiger partial charge in [0.05, 0.1) is 25.3 Å². The van der Waals surface area contributed by atoms with Crippen LogP contribution in [-0.2, 0) is 91.3 Å². The number of nitrogens with one attached hydrogen (secondary N) is 13. The van der Waals surface area contributed by atoms with Crippen LogP contribution in [0.5, 0.6) is 5.75 Å². The van der Waals surface area contributed by atoms with Crippen LogP contribution < -0.4 is 48.3 Å². The van der Waals surface area contributed by atoms with Gasteiger partial charge in [-0.2, -0.15) is 0 Å². The molecule has 32 nitrogen and oxygen atoms in total. The first-order chi connectivity index (χ1) is 48.7. The van der Waals surface area contributed by atoms with Gasteiger partial charge in [-0.3, -0.25) is 52.7 Å². The van der Waals surface area contributed by atoms with Gasteiger partial charge in [-0.05, 0) is 71.8 Å². The van der Waals surface area contributed by atoms with Crippen molar-refractivity contribution in [2.45, 2.75) is 119 Å². The molecule has 528 valence electrons. The van der Waals surface area contributed by atoms with E-state index in [9.17, 15) is 58.8 Å². The summed E-state index contributed by atoms with van der Waals surface area (Å²) in [4.78, 5) is 179. The zero-order valence-electron chi connectivity index (χ0n) is 54.4. The molecule has 5 aromatic heterocycles. The van der Waals surface area contributed by atoms with Crippen LogP contribution in [0.15, 0.2) is 141 Å². The third-order valence-corrected chi connectivity index (χ3v) is 17.5. The van der Waals surface area contributed by atoms with Crippen LogP contribution in [0.3, 0.4) is 0 Å². The lowest BCUT2D eigenvalue weighted by Crippen LogP contribution is -2.62. The number of hydrogen-bond donors (Lipinski definition) is 18. The molecule has 0 radical (unpaired) electrons. The smallest absolute Gasteiger partial charge is 0.322 e. The van der Waals surface area contributed by atoms with Crippen LogP contribution in [0.1, 0.15) is 59.3 Å². The van der Waals surface area contributed by atoms with E-state index in [4.69, 9.17) is 5.73 Å². The second-order valence-electron chi connectivity index (χ2n) is 24.6. The molecular formula is C69H77N17O15. The van der Waals surface area contributed by atoms with Crippen LogP contribution >= 0.6 is 0 Å². The van der Waals surface area contributed by atoms with E-state index in [2.05, 4.69) is 77.4 Å². The van der Waals surface area contributed by atoms with E-state index in [1.807, 2.05) is 6.07 Å². The molecule has 6 heterocycles. The van der Waals surface area contributed by atoms with Gasteiger partial charge in [0.2, 0.25) is 53.2 Å². The number of likely N-dealkylation sites (tertiary alicyclic amines) is 1. The molecule has 4 aromatic carbocycles.